The Kier molecular flexibility index (Phi) is 3.58. The predicted octanol–water partition coefficient (Wildman–Crippen LogP) is 3.30. The highest BCUT2D eigenvalue weighted by Gasteiger charge is 2.50. The van der Waals surface area contributed by atoms with Crippen LogP contribution in [0.3, 0.4) is 0 Å². The zero-order valence-corrected chi connectivity index (χ0v) is 12.9. The third kappa shape index (κ3) is 2.54. The van der Waals surface area contributed by atoms with Crippen LogP contribution in [0.1, 0.15) is 57.8 Å². The van der Waals surface area contributed by atoms with E-state index in [1.54, 1.807) is 38.5 Å². The molecule has 4 aliphatic carbocycles. The molecule has 0 aromatic rings. The average Bonchev–Trinajstić information content (AvgIpc) is 2.44. The van der Waals surface area contributed by atoms with Crippen molar-refractivity contribution in [3.05, 3.63) is 0 Å². The lowest BCUT2D eigenvalue weighted by molar-refractivity contribution is -0.0620. The van der Waals surface area contributed by atoms with E-state index in [0.717, 1.165) is 23.2 Å². The van der Waals surface area contributed by atoms with Crippen molar-refractivity contribution in [2.45, 2.75) is 57.8 Å². The second-order valence-electron chi connectivity index (χ2n) is 8.64. The third-order valence-corrected chi connectivity index (χ3v) is 7.09. The topological polar surface area (TPSA) is 23.5 Å². The van der Waals surface area contributed by atoms with Gasteiger partial charge in [-0.05, 0) is 107 Å². The standard InChI is InChI=1S/C18H31NO/c20-13-14-1-4-19(5-2-14)6-3-18-10-15-7-16(11-18)9-17(8-15)12-18/h14-17,20H,1-13H2. The van der Waals surface area contributed by atoms with Crippen molar-refractivity contribution in [1.29, 1.82) is 0 Å². The number of aliphatic hydroxyl groups is 1. The molecule has 4 bridgehead atoms. The van der Waals surface area contributed by atoms with Crippen LogP contribution in [0.4, 0.5) is 0 Å². The van der Waals surface area contributed by atoms with Crippen LogP contribution in [0.15, 0.2) is 0 Å². The van der Waals surface area contributed by atoms with Crippen LogP contribution in [-0.4, -0.2) is 36.2 Å². The lowest BCUT2D eigenvalue weighted by atomic mass is 9.49. The fourth-order valence-corrected chi connectivity index (χ4v) is 6.38. The molecular formula is C18H31NO. The molecule has 2 nitrogen and oxygen atoms in total. The van der Waals surface area contributed by atoms with E-state index in [9.17, 15) is 5.11 Å². The third-order valence-electron chi connectivity index (χ3n) is 7.09. The van der Waals surface area contributed by atoms with Crippen molar-refractivity contribution < 1.29 is 5.11 Å². The second kappa shape index (κ2) is 5.28. The van der Waals surface area contributed by atoms with Crippen molar-refractivity contribution in [3.63, 3.8) is 0 Å². The first-order valence-electron chi connectivity index (χ1n) is 9.08. The van der Waals surface area contributed by atoms with Crippen LogP contribution in [0.2, 0.25) is 0 Å². The van der Waals surface area contributed by atoms with E-state index < -0.39 is 0 Å². The highest BCUT2D eigenvalue weighted by molar-refractivity contribution is 5.01. The Bertz CT molecular complexity index is 310. The summed E-state index contributed by atoms with van der Waals surface area (Å²) in [4.78, 5) is 2.69. The number of aliphatic hydroxyl groups excluding tert-OH is 1. The zero-order chi connectivity index (χ0) is 13.6. The maximum atomic E-state index is 9.24. The van der Waals surface area contributed by atoms with E-state index in [1.165, 1.54) is 38.9 Å². The van der Waals surface area contributed by atoms with E-state index >= 15 is 0 Å². The van der Waals surface area contributed by atoms with Crippen LogP contribution in [0.25, 0.3) is 0 Å². The fraction of sp³-hybridized carbons (Fsp3) is 1.00. The summed E-state index contributed by atoms with van der Waals surface area (Å²) in [5.74, 6) is 3.88. The summed E-state index contributed by atoms with van der Waals surface area (Å²) in [6.07, 6.45) is 13.3. The maximum Gasteiger partial charge on any atom is 0.0460 e. The second-order valence-corrected chi connectivity index (χ2v) is 8.64. The number of likely N-dealkylation sites (tertiary alicyclic amines) is 1. The normalized spacial score (nSPS) is 45.1. The summed E-state index contributed by atoms with van der Waals surface area (Å²) >= 11 is 0. The van der Waals surface area contributed by atoms with Crippen LogP contribution in [0, 0.1) is 29.1 Å². The first-order valence-corrected chi connectivity index (χ1v) is 9.08. The Morgan fingerprint density at radius 2 is 1.45 bits per heavy atom. The number of nitrogens with zero attached hydrogens (tertiary/aromatic N) is 1. The summed E-state index contributed by atoms with van der Waals surface area (Å²) in [6, 6.07) is 0. The lowest BCUT2D eigenvalue weighted by Crippen LogP contribution is -2.47. The van der Waals surface area contributed by atoms with Gasteiger partial charge in [0.15, 0.2) is 0 Å². The molecule has 1 N–H and O–H groups in total. The van der Waals surface area contributed by atoms with Gasteiger partial charge in [0.1, 0.15) is 0 Å². The predicted molar refractivity (Wildman–Crippen MR) is 81.5 cm³/mol. The molecule has 1 aliphatic heterocycles. The number of rotatable bonds is 4. The van der Waals surface area contributed by atoms with Gasteiger partial charge in [-0.25, -0.2) is 0 Å². The number of hydrogen-bond acceptors (Lipinski definition) is 2. The Morgan fingerprint density at radius 3 is 1.95 bits per heavy atom. The molecule has 114 valence electrons. The molecule has 2 heteroatoms. The van der Waals surface area contributed by atoms with Gasteiger partial charge in [-0.3, -0.25) is 0 Å². The van der Waals surface area contributed by atoms with Gasteiger partial charge in [-0.1, -0.05) is 0 Å². The number of piperidine rings is 1. The van der Waals surface area contributed by atoms with E-state index in [1.807, 2.05) is 0 Å². The van der Waals surface area contributed by atoms with E-state index in [2.05, 4.69) is 4.90 Å². The van der Waals surface area contributed by atoms with Gasteiger partial charge in [0.25, 0.3) is 0 Å². The van der Waals surface area contributed by atoms with Crippen LogP contribution < -0.4 is 0 Å². The summed E-state index contributed by atoms with van der Waals surface area (Å²) < 4.78 is 0. The molecule has 0 radical (unpaired) electrons. The van der Waals surface area contributed by atoms with E-state index in [0.29, 0.717) is 12.5 Å². The van der Waals surface area contributed by atoms with Crippen molar-refractivity contribution >= 4 is 0 Å². The molecule has 1 saturated heterocycles. The molecule has 5 fully saturated rings. The molecule has 5 rings (SSSR count). The quantitative estimate of drug-likeness (QED) is 0.852. The highest BCUT2D eigenvalue weighted by atomic mass is 16.3. The Morgan fingerprint density at radius 1 is 0.900 bits per heavy atom. The monoisotopic (exact) mass is 277 g/mol. The van der Waals surface area contributed by atoms with Crippen molar-refractivity contribution in [2.24, 2.45) is 29.1 Å². The number of hydrogen-bond donors (Lipinski definition) is 1. The molecular weight excluding hydrogens is 246 g/mol. The smallest absolute Gasteiger partial charge is 0.0460 e. The zero-order valence-electron chi connectivity index (χ0n) is 12.9. The minimum absolute atomic E-state index is 0.406. The van der Waals surface area contributed by atoms with E-state index in [-0.39, 0.29) is 0 Å². The molecule has 0 unspecified atom stereocenters. The highest BCUT2D eigenvalue weighted by Crippen LogP contribution is 2.61. The van der Waals surface area contributed by atoms with Crippen molar-refractivity contribution in [3.8, 4) is 0 Å². The minimum Gasteiger partial charge on any atom is -0.396 e. The van der Waals surface area contributed by atoms with Gasteiger partial charge in [-0.2, -0.15) is 0 Å². The Hall–Kier alpha value is -0.0800. The summed E-state index contributed by atoms with van der Waals surface area (Å²) in [5, 5.41) is 9.24. The SMILES string of the molecule is OCC1CCN(CCC23CC4CC(CC(C4)C2)C3)CC1. The molecule has 0 aromatic carbocycles. The summed E-state index contributed by atoms with van der Waals surface area (Å²) in [5.41, 5.74) is 0.753. The molecule has 20 heavy (non-hydrogen) atoms. The Labute approximate surface area is 123 Å². The van der Waals surface area contributed by atoms with Crippen molar-refractivity contribution in [1.82, 2.24) is 4.90 Å². The molecule has 0 spiro atoms. The molecule has 4 saturated carbocycles. The first kappa shape index (κ1) is 13.6. The molecule has 0 amide bonds. The molecule has 0 atom stereocenters. The average molecular weight is 277 g/mol. The fourth-order valence-electron chi connectivity index (χ4n) is 6.38. The minimum atomic E-state index is 0.406. The van der Waals surface area contributed by atoms with Crippen LogP contribution >= 0.6 is 0 Å². The van der Waals surface area contributed by atoms with Gasteiger partial charge < -0.3 is 10.0 Å². The van der Waals surface area contributed by atoms with Gasteiger partial charge in [0.05, 0.1) is 0 Å². The Balaban J connectivity index is 1.31. The largest absolute Gasteiger partial charge is 0.396 e. The van der Waals surface area contributed by atoms with Gasteiger partial charge in [-0.15, -0.1) is 0 Å². The van der Waals surface area contributed by atoms with Gasteiger partial charge in [0, 0.05) is 6.61 Å². The molecule has 1 heterocycles. The molecule has 0 aromatic heterocycles. The van der Waals surface area contributed by atoms with Crippen LogP contribution in [0.5, 0.6) is 0 Å². The van der Waals surface area contributed by atoms with Gasteiger partial charge in [0.2, 0.25) is 0 Å². The maximum absolute atomic E-state index is 9.24. The summed E-state index contributed by atoms with van der Waals surface area (Å²) in [6.45, 7) is 4.21. The molecule has 5 aliphatic rings. The van der Waals surface area contributed by atoms with Gasteiger partial charge >= 0.3 is 0 Å². The lowest BCUT2D eigenvalue weighted by Gasteiger charge is -2.57. The van der Waals surface area contributed by atoms with Crippen LogP contribution in [-0.2, 0) is 0 Å². The van der Waals surface area contributed by atoms with Crippen molar-refractivity contribution in [2.75, 3.05) is 26.2 Å². The van der Waals surface area contributed by atoms with E-state index in [4.69, 9.17) is 0 Å². The first-order chi connectivity index (χ1) is 9.75. The summed E-state index contributed by atoms with van der Waals surface area (Å²) in [7, 11) is 0.